The van der Waals surface area contributed by atoms with Crippen molar-refractivity contribution in [1.82, 2.24) is 0 Å². The van der Waals surface area contributed by atoms with E-state index in [0.29, 0.717) is 14.2 Å². The smallest absolute Gasteiger partial charge is 0.377 e. The second kappa shape index (κ2) is 8.73. The van der Waals surface area contributed by atoms with Gasteiger partial charge in [-0.3, -0.25) is 0 Å². The van der Waals surface area contributed by atoms with Gasteiger partial charge in [-0.2, -0.15) is 17.6 Å². The lowest BCUT2D eigenvalue weighted by atomic mass is 10.4. The molecule has 0 N–H and O–H groups in total. The van der Waals surface area contributed by atoms with Crippen LogP contribution in [0.4, 0.5) is 26.3 Å². The lowest BCUT2D eigenvalue weighted by Gasteiger charge is -2.25. The number of hydrogen-bond acceptors (Lipinski definition) is 5. The number of rotatable bonds is 11. The maximum atomic E-state index is 12.9. The molecule has 0 aliphatic heterocycles. The molecule has 0 spiro atoms. The molecule has 0 aromatic rings. The first-order valence-electron chi connectivity index (χ1n) is 5.50. The first-order chi connectivity index (χ1) is 9.60. The maximum Gasteiger partial charge on any atom is 0.411 e. The minimum absolute atomic E-state index is 0.686. The first kappa shape index (κ1) is 20.4. The fraction of sp³-hybridized carbons (Fsp3) is 1.00. The van der Waals surface area contributed by atoms with Crippen molar-refractivity contribution < 1.29 is 50.0 Å². The molecular weight excluding hydrogens is 314 g/mol. The molecule has 0 heterocycles. The molecule has 128 valence electrons. The molecular formula is C10H16F6O5. The zero-order chi connectivity index (χ0) is 16.7. The van der Waals surface area contributed by atoms with Crippen LogP contribution in [0.25, 0.3) is 0 Å². The zero-order valence-electron chi connectivity index (χ0n) is 11.5. The van der Waals surface area contributed by atoms with Gasteiger partial charge in [0.05, 0.1) is 13.2 Å². The molecule has 5 nitrogen and oxygen atoms in total. The van der Waals surface area contributed by atoms with Crippen molar-refractivity contribution in [2.24, 2.45) is 0 Å². The van der Waals surface area contributed by atoms with Crippen LogP contribution in [0.3, 0.4) is 0 Å². The quantitative estimate of drug-likeness (QED) is 0.543. The number of halogens is 6. The van der Waals surface area contributed by atoms with E-state index in [-0.39, 0.29) is 0 Å². The second-order valence-corrected chi connectivity index (χ2v) is 3.71. The number of methoxy groups -OCH3 is 3. The Kier molecular flexibility index (Phi) is 8.48. The predicted molar refractivity (Wildman–Crippen MR) is 56.4 cm³/mol. The van der Waals surface area contributed by atoms with Gasteiger partial charge in [0.15, 0.2) is 0 Å². The summed E-state index contributed by atoms with van der Waals surface area (Å²) in [6, 6.07) is 0. The van der Waals surface area contributed by atoms with E-state index in [0.717, 1.165) is 7.11 Å². The number of alkyl halides is 6. The predicted octanol–water partition coefficient (Wildman–Crippen LogP) is 2.10. The van der Waals surface area contributed by atoms with Crippen LogP contribution < -0.4 is 0 Å². The third kappa shape index (κ3) is 6.78. The molecule has 0 aliphatic rings. The molecule has 0 fully saturated rings. The Morgan fingerprint density at radius 2 is 1.05 bits per heavy atom. The van der Waals surface area contributed by atoms with Gasteiger partial charge in [-0.1, -0.05) is 0 Å². The summed E-state index contributed by atoms with van der Waals surface area (Å²) < 4.78 is 96.7. The van der Waals surface area contributed by atoms with Gasteiger partial charge >= 0.3 is 12.2 Å². The van der Waals surface area contributed by atoms with E-state index in [1.807, 2.05) is 0 Å². The highest BCUT2D eigenvalue weighted by Gasteiger charge is 2.44. The second-order valence-electron chi connectivity index (χ2n) is 3.71. The average Bonchev–Trinajstić information content (AvgIpc) is 2.45. The molecule has 0 aromatic carbocycles. The zero-order valence-corrected chi connectivity index (χ0v) is 11.5. The molecule has 0 rings (SSSR count). The van der Waals surface area contributed by atoms with Crippen molar-refractivity contribution in [2.45, 2.75) is 31.0 Å². The normalized spacial score (nSPS) is 17.6. The van der Waals surface area contributed by atoms with E-state index < -0.39 is 44.3 Å². The van der Waals surface area contributed by atoms with Crippen LogP contribution in [0.2, 0.25) is 0 Å². The van der Waals surface area contributed by atoms with Crippen molar-refractivity contribution in [3.05, 3.63) is 0 Å². The summed E-state index contributed by atoms with van der Waals surface area (Å²) in [5.74, 6) is 0. The van der Waals surface area contributed by atoms with Gasteiger partial charge in [0.2, 0.25) is 0 Å². The monoisotopic (exact) mass is 330 g/mol. The molecule has 21 heavy (non-hydrogen) atoms. The lowest BCUT2D eigenvalue weighted by molar-refractivity contribution is -0.345. The molecule has 11 heteroatoms. The molecule has 0 aromatic heterocycles. The topological polar surface area (TPSA) is 46.2 Å². The minimum Gasteiger partial charge on any atom is -0.377 e. The van der Waals surface area contributed by atoms with Crippen LogP contribution >= 0.6 is 0 Å². The molecule has 0 aliphatic carbocycles. The van der Waals surface area contributed by atoms with Crippen molar-refractivity contribution in [3.63, 3.8) is 0 Å². The largest absolute Gasteiger partial charge is 0.411 e. The summed E-state index contributed by atoms with van der Waals surface area (Å²) in [7, 11) is 2.36. The van der Waals surface area contributed by atoms with Crippen molar-refractivity contribution >= 4 is 0 Å². The van der Waals surface area contributed by atoms with Crippen LogP contribution in [-0.2, 0) is 23.7 Å². The summed E-state index contributed by atoms with van der Waals surface area (Å²) in [6.45, 7) is -1.99. The summed E-state index contributed by atoms with van der Waals surface area (Å²) in [6.07, 6.45) is -16.1. The Bertz CT molecular complexity index is 267. The van der Waals surface area contributed by atoms with E-state index in [1.54, 1.807) is 0 Å². The molecule has 0 saturated carbocycles. The Balaban J connectivity index is 4.36. The minimum atomic E-state index is -4.30. The highest BCUT2D eigenvalue weighted by Crippen LogP contribution is 2.26. The standard InChI is InChI=1S/C10H16F6O5/c1-17-6(4-20-9(13,14)7(11)18-2)5-21-10(15,16)8(12)19-3/h6-8H,4-5H2,1-3H3. The molecule has 0 radical (unpaired) electrons. The molecule has 0 bridgehead atoms. The maximum absolute atomic E-state index is 12.9. The summed E-state index contributed by atoms with van der Waals surface area (Å²) in [5, 5.41) is 0. The average molecular weight is 330 g/mol. The summed E-state index contributed by atoms with van der Waals surface area (Å²) in [5.41, 5.74) is 0. The lowest BCUT2D eigenvalue weighted by Crippen LogP contribution is -2.41. The van der Waals surface area contributed by atoms with E-state index in [1.165, 1.54) is 0 Å². The first-order valence-corrected chi connectivity index (χ1v) is 5.50. The highest BCUT2D eigenvalue weighted by atomic mass is 19.3. The van der Waals surface area contributed by atoms with Crippen molar-refractivity contribution in [3.8, 4) is 0 Å². The van der Waals surface area contributed by atoms with E-state index in [9.17, 15) is 26.3 Å². The van der Waals surface area contributed by atoms with Crippen LogP contribution in [0, 0.1) is 0 Å². The summed E-state index contributed by atoms with van der Waals surface area (Å²) in [4.78, 5) is 0. The van der Waals surface area contributed by atoms with Gasteiger partial charge in [-0.05, 0) is 0 Å². The third-order valence-electron chi connectivity index (χ3n) is 2.20. The third-order valence-corrected chi connectivity index (χ3v) is 2.20. The number of ether oxygens (including phenoxy) is 5. The van der Waals surface area contributed by atoms with Crippen molar-refractivity contribution in [1.29, 1.82) is 0 Å². The van der Waals surface area contributed by atoms with Gasteiger partial charge in [0, 0.05) is 21.3 Å². The molecule has 0 amide bonds. The van der Waals surface area contributed by atoms with E-state index >= 15 is 0 Å². The molecule has 2 atom stereocenters. The van der Waals surface area contributed by atoms with Gasteiger partial charge in [-0.15, -0.1) is 0 Å². The molecule has 0 saturated heterocycles. The van der Waals surface area contributed by atoms with E-state index in [4.69, 9.17) is 0 Å². The molecule has 2 unspecified atom stereocenters. The van der Waals surface area contributed by atoms with Gasteiger partial charge in [-0.25, -0.2) is 8.78 Å². The van der Waals surface area contributed by atoms with Crippen LogP contribution in [-0.4, -0.2) is 65.6 Å². The Hall–Kier alpha value is -0.620. The SMILES string of the molecule is COC(COC(F)(F)C(F)OC)COC(F)(F)C(F)OC. The Morgan fingerprint density at radius 3 is 1.29 bits per heavy atom. The van der Waals surface area contributed by atoms with Crippen molar-refractivity contribution in [2.75, 3.05) is 34.5 Å². The van der Waals surface area contributed by atoms with Gasteiger partial charge in [0.25, 0.3) is 12.7 Å². The number of hydrogen-bond donors (Lipinski definition) is 0. The summed E-state index contributed by atoms with van der Waals surface area (Å²) >= 11 is 0. The Morgan fingerprint density at radius 1 is 0.714 bits per heavy atom. The fourth-order valence-corrected chi connectivity index (χ4v) is 0.998. The van der Waals surface area contributed by atoms with Crippen LogP contribution in [0.1, 0.15) is 0 Å². The Labute approximate surface area is 117 Å². The highest BCUT2D eigenvalue weighted by molar-refractivity contribution is 4.64. The van der Waals surface area contributed by atoms with Gasteiger partial charge < -0.3 is 23.7 Å². The van der Waals surface area contributed by atoms with Crippen LogP contribution in [0.5, 0.6) is 0 Å². The van der Waals surface area contributed by atoms with Crippen LogP contribution in [0.15, 0.2) is 0 Å². The van der Waals surface area contributed by atoms with Gasteiger partial charge in [0.1, 0.15) is 6.10 Å². The van der Waals surface area contributed by atoms with E-state index in [2.05, 4.69) is 23.7 Å². The fourth-order valence-electron chi connectivity index (χ4n) is 0.998.